The Hall–Kier alpha value is -2.48. The van der Waals surface area contributed by atoms with Gasteiger partial charge < -0.3 is 9.47 Å². The van der Waals surface area contributed by atoms with Gasteiger partial charge in [0.2, 0.25) is 0 Å². The van der Waals surface area contributed by atoms with E-state index in [1.165, 1.54) is 21.9 Å². The molecule has 3 rings (SSSR count). The Morgan fingerprint density at radius 2 is 2.12 bits per heavy atom. The van der Waals surface area contributed by atoms with Gasteiger partial charge in [0.05, 0.1) is 0 Å². The van der Waals surface area contributed by atoms with E-state index in [9.17, 15) is 9.59 Å². The number of imidazole rings is 1. The van der Waals surface area contributed by atoms with E-state index in [0.29, 0.717) is 11.5 Å². The van der Waals surface area contributed by atoms with Crippen LogP contribution in [0, 0.1) is 13.8 Å². The molecule has 0 radical (unpaired) electrons. The molecule has 24 heavy (non-hydrogen) atoms. The largest absolute Gasteiger partial charge is 0.341 e. The third-order valence-corrected chi connectivity index (χ3v) is 4.83. The van der Waals surface area contributed by atoms with Gasteiger partial charge in [0.1, 0.15) is 11.4 Å². The van der Waals surface area contributed by atoms with Gasteiger partial charge in [-0.2, -0.15) is 0 Å². The molecule has 0 atom stereocenters. The molecule has 3 heterocycles. The highest BCUT2D eigenvalue weighted by Crippen LogP contribution is 2.13. The van der Waals surface area contributed by atoms with Gasteiger partial charge in [-0.15, -0.1) is 11.3 Å². The van der Waals surface area contributed by atoms with Gasteiger partial charge in [-0.3, -0.25) is 14.0 Å². The summed E-state index contributed by atoms with van der Waals surface area (Å²) < 4.78 is 3.48. The molecular weight excluding hydrogens is 326 g/mol. The first-order chi connectivity index (χ1) is 11.5. The maximum atomic E-state index is 12.5. The number of carbonyl (C=O) groups excluding carboxylic acids is 1. The summed E-state index contributed by atoms with van der Waals surface area (Å²) >= 11 is 1.43. The lowest BCUT2D eigenvalue weighted by molar-refractivity contribution is 0.0789. The number of nitrogens with zero attached hydrogens (tertiary/aromatic N) is 5. The van der Waals surface area contributed by atoms with Gasteiger partial charge in [-0.1, -0.05) is 0 Å². The zero-order valence-electron chi connectivity index (χ0n) is 13.9. The first-order valence-corrected chi connectivity index (χ1v) is 8.50. The lowest BCUT2D eigenvalue weighted by Crippen LogP contribution is -2.34. The zero-order valence-corrected chi connectivity index (χ0v) is 14.7. The van der Waals surface area contributed by atoms with Crippen LogP contribution in [-0.4, -0.2) is 43.3 Å². The number of carbonyl (C=O) groups is 1. The molecule has 0 fully saturated rings. The highest BCUT2D eigenvalue weighted by Gasteiger charge is 2.18. The smallest absolute Gasteiger partial charge is 0.271 e. The Labute approximate surface area is 143 Å². The Morgan fingerprint density at radius 3 is 2.83 bits per heavy atom. The molecule has 0 N–H and O–H groups in total. The Bertz CT molecular complexity index is 939. The average Bonchev–Trinajstić information content (AvgIpc) is 3.13. The van der Waals surface area contributed by atoms with Crippen molar-refractivity contribution in [3.8, 4) is 0 Å². The Balaban J connectivity index is 1.70. The fourth-order valence-electron chi connectivity index (χ4n) is 2.57. The van der Waals surface area contributed by atoms with E-state index in [4.69, 9.17) is 0 Å². The summed E-state index contributed by atoms with van der Waals surface area (Å²) in [4.78, 5) is 36.5. The molecule has 3 aromatic heterocycles. The van der Waals surface area contributed by atoms with Crippen LogP contribution in [0.2, 0.25) is 0 Å². The lowest BCUT2D eigenvalue weighted by Gasteiger charge is -2.17. The lowest BCUT2D eigenvalue weighted by atomic mass is 10.2. The number of rotatable bonds is 5. The second kappa shape index (κ2) is 6.56. The van der Waals surface area contributed by atoms with Crippen molar-refractivity contribution in [3.63, 3.8) is 0 Å². The summed E-state index contributed by atoms with van der Waals surface area (Å²) in [5.41, 5.74) is -0.210. The highest BCUT2D eigenvalue weighted by molar-refractivity contribution is 7.16. The van der Waals surface area contributed by atoms with Crippen molar-refractivity contribution in [1.82, 2.24) is 23.8 Å². The van der Waals surface area contributed by atoms with Crippen LogP contribution in [0.3, 0.4) is 0 Å². The number of aromatic nitrogens is 4. The van der Waals surface area contributed by atoms with E-state index in [1.54, 1.807) is 24.3 Å². The van der Waals surface area contributed by atoms with Gasteiger partial charge in [0.25, 0.3) is 11.5 Å². The van der Waals surface area contributed by atoms with Crippen LogP contribution >= 0.6 is 11.3 Å². The molecule has 126 valence electrons. The molecule has 1 amide bonds. The summed E-state index contributed by atoms with van der Waals surface area (Å²) in [5, 5.41) is 0. The molecule has 0 saturated carbocycles. The quantitative estimate of drug-likeness (QED) is 0.706. The summed E-state index contributed by atoms with van der Waals surface area (Å²) in [7, 11) is 1.70. The average molecular weight is 345 g/mol. The molecule has 0 aliphatic rings. The number of fused-ring (bicyclic) bond motifs is 1. The number of thiazole rings is 1. The van der Waals surface area contributed by atoms with E-state index in [2.05, 4.69) is 9.97 Å². The van der Waals surface area contributed by atoms with Crippen LogP contribution in [0.15, 0.2) is 29.6 Å². The van der Waals surface area contributed by atoms with Crippen molar-refractivity contribution in [2.45, 2.75) is 26.8 Å². The molecule has 0 spiro atoms. The van der Waals surface area contributed by atoms with Crippen molar-refractivity contribution >= 4 is 22.2 Å². The summed E-state index contributed by atoms with van der Waals surface area (Å²) in [6.07, 6.45) is 7.56. The molecule has 8 heteroatoms. The van der Waals surface area contributed by atoms with E-state index in [0.717, 1.165) is 23.7 Å². The number of hydrogen-bond acceptors (Lipinski definition) is 5. The third kappa shape index (κ3) is 3.09. The van der Waals surface area contributed by atoms with Crippen molar-refractivity contribution in [2.24, 2.45) is 0 Å². The molecule has 0 aliphatic carbocycles. The minimum absolute atomic E-state index is 0.103. The van der Waals surface area contributed by atoms with Gasteiger partial charge in [-0.25, -0.2) is 9.97 Å². The minimum atomic E-state index is -0.313. The second-order valence-electron chi connectivity index (χ2n) is 5.72. The predicted molar refractivity (Wildman–Crippen MR) is 92.6 cm³/mol. The first-order valence-electron chi connectivity index (χ1n) is 7.68. The van der Waals surface area contributed by atoms with Gasteiger partial charge in [0, 0.05) is 49.8 Å². The van der Waals surface area contributed by atoms with Gasteiger partial charge >= 0.3 is 0 Å². The van der Waals surface area contributed by atoms with E-state index < -0.39 is 0 Å². The second-order valence-corrected chi connectivity index (χ2v) is 6.93. The highest BCUT2D eigenvalue weighted by atomic mass is 32.1. The standard InChI is InChI=1S/C16H19N5O2S/c1-11-10-21-15(23)13(9-18-16(21)24-11)14(22)19(3)6-4-7-20-8-5-17-12(20)2/h5,8-10H,4,6-7H2,1-3H3. The fraction of sp³-hybridized carbons (Fsp3) is 0.375. The first kappa shape index (κ1) is 16.4. The van der Waals surface area contributed by atoms with E-state index in [1.807, 2.05) is 24.6 Å². The normalized spacial score (nSPS) is 11.1. The zero-order chi connectivity index (χ0) is 17.3. The molecule has 0 unspecified atom stereocenters. The topological polar surface area (TPSA) is 72.5 Å². The molecule has 0 aliphatic heterocycles. The summed E-state index contributed by atoms with van der Waals surface area (Å²) in [5.74, 6) is 0.651. The molecular formula is C16H19N5O2S. The van der Waals surface area contributed by atoms with Gasteiger partial charge in [-0.05, 0) is 20.3 Å². The molecule has 0 saturated heterocycles. The van der Waals surface area contributed by atoms with Crippen LogP contribution in [0.1, 0.15) is 27.5 Å². The Morgan fingerprint density at radius 1 is 1.33 bits per heavy atom. The van der Waals surface area contributed by atoms with Crippen LogP contribution in [0.4, 0.5) is 0 Å². The fourth-order valence-corrected chi connectivity index (χ4v) is 3.35. The van der Waals surface area contributed by atoms with Crippen LogP contribution in [-0.2, 0) is 6.54 Å². The van der Waals surface area contributed by atoms with Crippen LogP contribution in [0.5, 0.6) is 0 Å². The van der Waals surface area contributed by atoms with Crippen molar-refractivity contribution in [2.75, 3.05) is 13.6 Å². The van der Waals surface area contributed by atoms with Gasteiger partial charge in [0.15, 0.2) is 4.96 Å². The monoisotopic (exact) mass is 345 g/mol. The number of aryl methyl sites for hydroxylation is 3. The molecule has 0 aromatic carbocycles. The SMILES string of the molecule is Cc1cn2c(=O)c(C(=O)N(C)CCCn3ccnc3C)cnc2s1. The predicted octanol–water partition coefficient (Wildman–Crippen LogP) is 1.73. The van der Waals surface area contributed by atoms with Crippen LogP contribution < -0.4 is 5.56 Å². The van der Waals surface area contributed by atoms with E-state index >= 15 is 0 Å². The van der Waals surface area contributed by atoms with E-state index in [-0.39, 0.29) is 17.0 Å². The molecule has 0 bridgehead atoms. The minimum Gasteiger partial charge on any atom is -0.341 e. The molecule has 3 aromatic rings. The maximum absolute atomic E-state index is 12.5. The third-order valence-electron chi connectivity index (χ3n) is 3.92. The number of amides is 1. The summed E-state index contributed by atoms with van der Waals surface area (Å²) in [6, 6.07) is 0. The summed E-state index contributed by atoms with van der Waals surface area (Å²) in [6.45, 7) is 5.19. The van der Waals surface area contributed by atoms with Crippen LogP contribution in [0.25, 0.3) is 4.96 Å². The Kier molecular flexibility index (Phi) is 4.48. The molecule has 7 nitrogen and oxygen atoms in total. The maximum Gasteiger partial charge on any atom is 0.271 e. The van der Waals surface area contributed by atoms with Crippen molar-refractivity contribution in [1.29, 1.82) is 0 Å². The van der Waals surface area contributed by atoms with Crippen molar-refractivity contribution in [3.05, 3.63) is 51.4 Å². The number of hydrogen-bond donors (Lipinski definition) is 0. The van der Waals surface area contributed by atoms with Crippen molar-refractivity contribution < 1.29 is 4.79 Å².